The maximum absolute atomic E-state index is 10.5. The van der Waals surface area contributed by atoms with Crippen LogP contribution in [0.2, 0.25) is 0 Å². The van der Waals surface area contributed by atoms with Crippen LogP contribution in [0.5, 0.6) is 0 Å². The standard InChI is InChI=1S/C26H49N3O2/c1-3-5-7-9-10-11-12-13-14-15-16-17-19-21-26(31)25(23-30)29-22-24(27-28-29)20-18-8-6-4-2/h19,21-22,25-26,30-31H,3-18,20,23H2,1-2H3/b21-19+/t25-,26+/m0/s1. The summed E-state index contributed by atoms with van der Waals surface area (Å²) < 4.78 is 1.62. The average Bonchev–Trinajstić information content (AvgIpc) is 3.23. The summed E-state index contributed by atoms with van der Waals surface area (Å²) in [4.78, 5) is 0. The quantitative estimate of drug-likeness (QED) is 0.170. The highest BCUT2D eigenvalue weighted by molar-refractivity contribution is 4.98. The van der Waals surface area contributed by atoms with Crippen molar-refractivity contribution >= 4 is 0 Å². The first-order valence-electron chi connectivity index (χ1n) is 13.1. The van der Waals surface area contributed by atoms with Crippen molar-refractivity contribution in [2.24, 2.45) is 0 Å². The summed E-state index contributed by atoms with van der Waals surface area (Å²) in [6.07, 6.45) is 26.4. The van der Waals surface area contributed by atoms with E-state index < -0.39 is 12.1 Å². The molecule has 5 heteroatoms. The van der Waals surface area contributed by atoms with Gasteiger partial charge in [0, 0.05) is 6.20 Å². The summed E-state index contributed by atoms with van der Waals surface area (Å²) >= 11 is 0. The SMILES string of the molecule is CCCCCCCCCCCCC/C=C/[C@@H](O)[C@H](CO)n1cc(CCCCCC)nn1. The number of aliphatic hydroxyl groups excluding tert-OH is 2. The minimum Gasteiger partial charge on any atom is -0.394 e. The molecule has 0 bridgehead atoms. The van der Waals surface area contributed by atoms with E-state index in [1.807, 2.05) is 12.3 Å². The van der Waals surface area contributed by atoms with Crippen LogP contribution in [0.4, 0.5) is 0 Å². The first-order valence-corrected chi connectivity index (χ1v) is 13.1. The second-order valence-electron chi connectivity index (χ2n) is 8.99. The summed E-state index contributed by atoms with van der Waals surface area (Å²) in [5, 5.41) is 28.5. The van der Waals surface area contributed by atoms with Crippen molar-refractivity contribution in [1.29, 1.82) is 0 Å². The molecule has 1 heterocycles. The van der Waals surface area contributed by atoms with Gasteiger partial charge >= 0.3 is 0 Å². The zero-order chi connectivity index (χ0) is 22.6. The van der Waals surface area contributed by atoms with Gasteiger partial charge in [-0.2, -0.15) is 0 Å². The normalized spacial score (nSPS) is 13.8. The molecule has 0 spiro atoms. The van der Waals surface area contributed by atoms with Crippen LogP contribution < -0.4 is 0 Å². The van der Waals surface area contributed by atoms with Gasteiger partial charge < -0.3 is 10.2 Å². The van der Waals surface area contributed by atoms with Gasteiger partial charge in [0.25, 0.3) is 0 Å². The van der Waals surface area contributed by atoms with E-state index in [1.165, 1.54) is 83.5 Å². The molecule has 0 saturated heterocycles. The largest absolute Gasteiger partial charge is 0.394 e. The van der Waals surface area contributed by atoms with Crippen molar-refractivity contribution < 1.29 is 10.2 Å². The second kappa shape index (κ2) is 19.5. The molecule has 180 valence electrons. The van der Waals surface area contributed by atoms with E-state index in [0.717, 1.165) is 31.4 Å². The Kier molecular flexibility index (Phi) is 17.5. The van der Waals surface area contributed by atoms with Crippen LogP contribution in [0.15, 0.2) is 18.3 Å². The molecule has 0 fully saturated rings. The Balaban J connectivity index is 2.14. The van der Waals surface area contributed by atoms with E-state index in [2.05, 4.69) is 24.2 Å². The first-order chi connectivity index (χ1) is 15.2. The Morgan fingerprint density at radius 3 is 1.97 bits per heavy atom. The number of nitrogens with zero attached hydrogens (tertiary/aromatic N) is 3. The van der Waals surface area contributed by atoms with Crippen molar-refractivity contribution in [3.8, 4) is 0 Å². The molecule has 5 nitrogen and oxygen atoms in total. The molecule has 0 amide bonds. The number of hydrogen-bond donors (Lipinski definition) is 2. The van der Waals surface area contributed by atoms with Crippen molar-refractivity contribution in [1.82, 2.24) is 15.0 Å². The zero-order valence-corrected chi connectivity index (χ0v) is 20.4. The molecule has 0 saturated carbocycles. The lowest BCUT2D eigenvalue weighted by Crippen LogP contribution is -2.26. The number of aliphatic hydroxyl groups is 2. The van der Waals surface area contributed by atoms with Gasteiger partial charge in [0.1, 0.15) is 6.04 Å². The number of hydrogen-bond acceptors (Lipinski definition) is 4. The molecular weight excluding hydrogens is 386 g/mol. The highest BCUT2D eigenvalue weighted by Gasteiger charge is 2.19. The smallest absolute Gasteiger partial charge is 0.106 e. The van der Waals surface area contributed by atoms with Gasteiger partial charge in [-0.15, -0.1) is 5.10 Å². The molecule has 0 aliphatic heterocycles. The topological polar surface area (TPSA) is 71.2 Å². The van der Waals surface area contributed by atoms with Crippen molar-refractivity contribution in [3.05, 3.63) is 24.0 Å². The lowest BCUT2D eigenvalue weighted by atomic mass is 10.0. The highest BCUT2D eigenvalue weighted by Crippen LogP contribution is 2.15. The van der Waals surface area contributed by atoms with E-state index in [4.69, 9.17) is 0 Å². The highest BCUT2D eigenvalue weighted by atomic mass is 16.3. The van der Waals surface area contributed by atoms with Crippen LogP contribution in [0, 0.1) is 0 Å². The molecule has 0 aliphatic carbocycles. The molecular formula is C26H49N3O2. The predicted molar refractivity (Wildman–Crippen MR) is 130 cm³/mol. The van der Waals surface area contributed by atoms with Crippen molar-refractivity contribution in [2.45, 2.75) is 135 Å². The molecule has 31 heavy (non-hydrogen) atoms. The van der Waals surface area contributed by atoms with Crippen molar-refractivity contribution in [2.75, 3.05) is 6.61 Å². The third-order valence-electron chi connectivity index (χ3n) is 6.07. The molecule has 1 rings (SSSR count). The fourth-order valence-corrected chi connectivity index (χ4v) is 3.96. The molecule has 0 aromatic carbocycles. The lowest BCUT2D eigenvalue weighted by molar-refractivity contribution is 0.0974. The number of rotatable bonds is 21. The van der Waals surface area contributed by atoms with Crippen molar-refractivity contribution in [3.63, 3.8) is 0 Å². The van der Waals surface area contributed by atoms with E-state index in [0.29, 0.717) is 0 Å². The van der Waals surface area contributed by atoms with E-state index in [9.17, 15) is 10.2 Å². The van der Waals surface area contributed by atoms with Crippen LogP contribution in [0.3, 0.4) is 0 Å². The van der Waals surface area contributed by atoms with E-state index in [-0.39, 0.29) is 6.61 Å². The number of allylic oxidation sites excluding steroid dienone is 1. The maximum Gasteiger partial charge on any atom is 0.106 e. The van der Waals surface area contributed by atoms with Gasteiger partial charge in [-0.05, 0) is 25.7 Å². The minimum atomic E-state index is -0.743. The van der Waals surface area contributed by atoms with Crippen LogP contribution in [-0.2, 0) is 6.42 Å². The average molecular weight is 436 g/mol. The molecule has 2 N–H and O–H groups in total. The van der Waals surface area contributed by atoms with Crippen LogP contribution in [0.25, 0.3) is 0 Å². The maximum atomic E-state index is 10.5. The molecule has 0 radical (unpaired) electrons. The fourth-order valence-electron chi connectivity index (χ4n) is 3.96. The summed E-state index contributed by atoms with van der Waals surface area (Å²) in [5.41, 5.74) is 0.937. The van der Waals surface area contributed by atoms with Gasteiger partial charge in [-0.3, -0.25) is 0 Å². The van der Waals surface area contributed by atoms with Crippen LogP contribution in [-0.4, -0.2) is 37.9 Å². The van der Waals surface area contributed by atoms with Crippen LogP contribution >= 0.6 is 0 Å². The van der Waals surface area contributed by atoms with E-state index in [1.54, 1.807) is 10.8 Å². The number of unbranched alkanes of at least 4 members (excludes halogenated alkanes) is 14. The van der Waals surface area contributed by atoms with Gasteiger partial charge in [-0.25, -0.2) is 4.68 Å². The minimum absolute atomic E-state index is 0.150. The molecule has 0 aliphatic rings. The van der Waals surface area contributed by atoms with Gasteiger partial charge in [0.2, 0.25) is 0 Å². The molecule has 2 atom stereocenters. The monoisotopic (exact) mass is 435 g/mol. The van der Waals surface area contributed by atoms with Gasteiger partial charge in [0.15, 0.2) is 0 Å². The summed E-state index contributed by atoms with van der Waals surface area (Å²) in [7, 11) is 0. The number of aryl methyl sites for hydroxylation is 1. The first kappa shape index (κ1) is 27.8. The molecule has 1 aromatic heterocycles. The lowest BCUT2D eigenvalue weighted by Gasteiger charge is -2.17. The third-order valence-corrected chi connectivity index (χ3v) is 6.07. The fraction of sp³-hybridized carbons (Fsp3) is 0.846. The Labute approximate surface area is 191 Å². The molecule has 1 aromatic rings. The Morgan fingerprint density at radius 1 is 0.839 bits per heavy atom. The zero-order valence-electron chi connectivity index (χ0n) is 20.4. The summed E-state index contributed by atoms with van der Waals surface area (Å²) in [5.74, 6) is 0. The Bertz CT molecular complexity index is 545. The van der Waals surface area contributed by atoms with Gasteiger partial charge in [0.05, 0.1) is 18.4 Å². The number of aromatic nitrogens is 3. The Hall–Kier alpha value is -1.20. The summed E-state index contributed by atoms with van der Waals surface area (Å²) in [6.45, 7) is 4.32. The van der Waals surface area contributed by atoms with Gasteiger partial charge in [-0.1, -0.05) is 115 Å². The summed E-state index contributed by atoms with van der Waals surface area (Å²) in [6, 6.07) is -0.467. The van der Waals surface area contributed by atoms with Crippen LogP contribution in [0.1, 0.15) is 128 Å². The predicted octanol–water partition coefficient (Wildman–Crippen LogP) is 6.55. The Morgan fingerprint density at radius 2 is 1.39 bits per heavy atom. The van der Waals surface area contributed by atoms with E-state index >= 15 is 0 Å². The third kappa shape index (κ3) is 13.7. The second-order valence-corrected chi connectivity index (χ2v) is 8.99. The molecule has 0 unspecified atom stereocenters.